The number of aliphatic imine (C=N–C) groups is 1. The summed E-state index contributed by atoms with van der Waals surface area (Å²) >= 11 is 0. The first-order valence-electron chi connectivity index (χ1n) is 7.80. The van der Waals surface area contributed by atoms with E-state index in [0.717, 1.165) is 43.2 Å². The minimum absolute atomic E-state index is 0.144. The Labute approximate surface area is 127 Å². The van der Waals surface area contributed by atoms with Crippen molar-refractivity contribution in [2.75, 3.05) is 0 Å². The molecule has 1 aromatic rings. The summed E-state index contributed by atoms with van der Waals surface area (Å²) in [6.07, 6.45) is 6.33. The molecule has 0 atom stereocenters. The molecular weight excluding hydrogens is 262 g/mol. The number of phenols is 1. The lowest BCUT2D eigenvalue weighted by atomic mass is 9.79. The molecule has 1 aliphatic rings. The number of benzene rings is 1. The zero-order valence-electron chi connectivity index (χ0n) is 13.5. The third kappa shape index (κ3) is 2.89. The zero-order valence-corrected chi connectivity index (χ0v) is 13.5. The minimum Gasteiger partial charge on any atom is -0.507 e. The summed E-state index contributed by atoms with van der Waals surface area (Å²) in [5, 5.41) is 10.8. The van der Waals surface area contributed by atoms with E-state index in [0.29, 0.717) is 5.75 Å². The maximum absolute atomic E-state index is 10.9. The summed E-state index contributed by atoms with van der Waals surface area (Å²) < 4.78 is 0. The monoisotopic (exact) mass is 287 g/mol. The van der Waals surface area contributed by atoms with E-state index < -0.39 is 5.54 Å². The summed E-state index contributed by atoms with van der Waals surface area (Å²) in [6, 6.07) is 4.10. The number of phenolic OH excluding ortho intramolecular Hbond substituents is 1. The van der Waals surface area contributed by atoms with E-state index in [1.165, 1.54) is 5.56 Å². The van der Waals surface area contributed by atoms with Gasteiger partial charge in [-0.15, -0.1) is 0 Å². The lowest BCUT2D eigenvalue weighted by molar-refractivity contribution is 0.395. The normalized spacial score (nSPS) is 17.5. The number of aryl methyl sites for hydroxylation is 1. The van der Waals surface area contributed by atoms with Crippen LogP contribution in [0.5, 0.6) is 5.75 Å². The molecule has 1 saturated carbocycles. The number of rotatable bonds is 3. The van der Waals surface area contributed by atoms with Gasteiger partial charge in [0.2, 0.25) is 6.08 Å². The van der Waals surface area contributed by atoms with E-state index in [1.807, 2.05) is 6.07 Å². The maximum atomic E-state index is 10.9. The number of aromatic hydroxyl groups is 1. The topological polar surface area (TPSA) is 49.7 Å². The SMILES string of the molecule is CCc1cc(C(C)(C)C)c(O)c(C2(N=C=O)CCCC2)c1. The summed E-state index contributed by atoms with van der Waals surface area (Å²) in [4.78, 5) is 15.0. The minimum atomic E-state index is -0.572. The van der Waals surface area contributed by atoms with Gasteiger partial charge < -0.3 is 5.11 Å². The second kappa shape index (κ2) is 5.65. The first-order valence-corrected chi connectivity index (χ1v) is 7.80. The molecule has 0 radical (unpaired) electrons. The van der Waals surface area contributed by atoms with Crippen molar-refractivity contribution in [3.05, 3.63) is 28.8 Å². The molecule has 0 heterocycles. The van der Waals surface area contributed by atoms with Crippen molar-refractivity contribution in [3.8, 4) is 5.75 Å². The van der Waals surface area contributed by atoms with Crippen molar-refractivity contribution in [1.82, 2.24) is 0 Å². The molecular formula is C18H25NO2. The highest BCUT2D eigenvalue weighted by Gasteiger charge is 2.39. The Balaban J connectivity index is 2.70. The molecule has 1 aromatic carbocycles. The Bertz CT molecular complexity index is 572. The fourth-order valence-corrected chi connectivity index (χ4v) is 3.31. The van der Waals surface area contributed by atoms with Crippen LogP contribution in [0.1, 0.15) is 70.1 Å². The number of hydrogen-bond acceptors (Lipinski definition) is 3. The second-order valence-electron chi connectivity index (χ2n) is 7.08. The molecule has 0 bridgehead atoms. The van der Waals surface area contributed by atoms with Crippen LogP contribution in [0, 0.1) is 0 Å². The predicted molar refractivity (Wildman–Crippen MR) is 84.5 cm³/mol. The average molecular weight is 287 g/mol. The second-order valence-corrected chi connectivity index (χ2v) is 7.08. The lowest BCUT2D eigenvalue weighted by Crippen LogP contribution is -2.22. The smallest absolute Gasteiger partial charge is 0.235 e. The van der Waals surface area contributed by atoms with Crippen molar-refractivity contribution >= 4 is 6.08 Å². The van der Waals surface area contributed by atoms with Gasteiger partial charge in [-0.25, -0.2) is 4.79 Å². The molecule has 0 spiro atoms. The fraction of sp³-hybridized carbons (Fsp3) is 0.611. The highest BCUT2D eigenvalue weighted by Crippen LogP contribution is 2.48. The fourth-order valence-electron chi connectivity index (χ4n) is 3.31. The number of hydrogen-bond donors (Lipinski definition) is 1. The lowest BCUT2D eigenvalue weighted by Gasteiger charge is -2.29. The summed E-state index contributed by atoms with van der Waals surface area (Å²) in [5.74, 6) is 0.306. The standard InChI is InChI=1S/C18H25NO2/c1-5-13-10-14(17(2,3)4)16(21)15(11-13)18(19-12-20)8-6-7-9-18/h10-11,21H,5-9H2,1-4H3. The molecule has 21 heavy (non-hydrogen) atoms. The van der Waals surface area contributed by atoms with Crippen LogP contribution in [-0.2, 0) is 22.2 Å². The Morgan fingerprint density at radius 2 is 1.90 bits per heavy atom. The molecule has 1 aliphatic carbocycles. The van der Waals surface area contributed by atoms with Gasteiger partial charge in [0.05, 0.1) is 0 Å². The van der Waals surface area contributed by atoms with Crippen molar-refractivity contribution in [1.29, 1.82) is 0 Å². The first kappa shape index (κ1) is 15.8. The number of isocyanates is 1. The van der Waals surface area contributed by atoms with Crippen LogP contribution in [-0.4, -0.2) is 11.2 Å². The molecule has 3 nitrogen and oxygen atoms in total. The van der Waals surface area contributed by atoms with Gasteiger partial charge in [-0.3, -0.25) is 0 Å². The molecule has 3 heteroatoms. The molecule has 2 rings (SSSR count). The van der Waals surface area contributed by atoms with Gasteiger partial charge in [0.25, 0.3) is 0 Å². The van der Waals surface area contributed by atoms with E-state index in [9.17, 15) is 9.90 Å². The number of carbonyl (C=O) groups excluding carboxylic acids is 1. The van der Waals surface area contributed by atoms with E-state index in [2.05, 4.69) is 38.8 Å². The molecule has 0 saturated heterocycles. The van der Waals surface area contributed by atoms with Gasteiger partial charge >= 0.3 is 0 Å². The summed E-state index contributed by atoms with van der Waals surface area (Å²) in [5.41, 5.74) is 2.21. The molecule has 1 fully saturated rings. The quantitative estimate of drug-likeness (QED) is 0.663. The molecule has 0 aliphatic heterocycles. The largest absolute Gasteiger partial charge is 0.507 e. The van der Waals surface area contributed by atoms with Gasteiger partial charge in [-0.05, 0) is 41.9 Å². The maximum Gasteiger partial charge on any atom is 0.235 e. The Morgan fingerprint density at radius 1 is 1.29 bits per heavy atom. The van der Waals surface area contributed by atoms with Gasteiger partial charge in [0.1, 0.15) is 11.3 Å². The van der Waals surface area contributed by atoms with Crippen LogP contribution in [0.25, 0.3) is 0 Å². The van der Waals surface area contributed by atoms with Crippen molar-refractivity contribution < 1.29 is 9.90 Å². The Morgan fingerprint density at radius 3 is 2.38 bits per heavy atom. The van der Waals surface area contributed by atoms with Crippen LogP contribution >= 0.6 is 0 Å². The molecule has 0 amide bonds. The van der Waals surface area contributed by atoms with Crippen LogP contribution < -0.4 is 0 Å². The molecule has 1 N–H and O–H groups in total. The van der Waals surface area contributed by atoms with E-state index in [1.54, 1.807) is 6.08 Å². The first-order chi connectivity index (χ1) is 9.84. The Hall–Kier alpha value is -1.60. The predicted octanol–water partition coefficient (Wildman–Crippen LogP) is 4.36. The third-order valence-corrected chi connectivity index (χ3v) is 4.58. The van der Waals surface area contributed by atoms with Crippen LogP contribution in [0.3, 0.4) is 0 Å². The van der Waals surface area contributed by atoms with Crippen LogP contribution in [0.4, 0.5) is 0 Å². The summed E-state index contributed by atoms with van der Waals surface area (Å²) in [6.45, 7) is 8.38. The van der Waals surface area contributed by atoms with E-state index in [-0.39, 0.29) is 5.41 Å². The Kier molecular flexibility index (Phi) is 4.25. The molecule has 114 valence electrons. The highest BCUT2D eigenvalue weighted by atomic mass is 16.3. The zero-order chi connectivity index (χ0) is 15.7. The summed E-state index contributed by atoms with van der Waals surface area (Å²) in [7, 11) is 0. The average Bonchev–Trinajstić information content (AvgIpc) is 2.87. The van der Waals surface area contributed by atoms with Crippen LogP contribution in [0.2, 0.25) is 0 Å². The van der Waals surface area contributed by atoms with Gasteiger partial charge in [-0.2, -0.15) is 4.99 Å². The van der Waals surface area contributed by atoms with Crippen molar-refractivity contribution in [3.63, 3.8) is 0 Å². The molecule has 0 aromatic heterocycles. The van der Waals surface area contributed by atoms with Gasteiger partial charge in [-0.1, -0.05) is 46.6 Å². The third-order valence-electron chi connectivity index (χ3n) is 4.58. The number of nitrogens with zero attached hydrogens (tertiary/aromatic N) is 1. The van der Waals surface area contributed by atoms with Gasteiger partial charge in [0.15, 0.2) is 0 Å². The van der Waals surface area contributed by atoms with Crippen LogP contribution in [0.15, 0.2) is 17.1 Å². The van der Waals surface area contributed by atoms with Crippen molar-refractivity contribution in [2.24, 2.45) is 4.99 Å². The highest BCUT2D eigenvalue weighted by molar-refractivity contribution is 5.52. The van der Waals surface area contributed by atoms with E-state index in [4.69, 9.17) is 0 Å². The molecule has 0 unspecified atom stereocenters. The van der Waals surface area contributed by atoms with Crippen molar-refractivity contribution in [2.45, 2.75) is 70.8 Å². The van der Waals surface area contributed by atoms with E-state index >= 15 is 0 Å². The van der Waals surface area contributed by atoms with Gasteiger partial charge in [0, 0.05) is 5.56 Å².